The van der Waals surface area contributed by atoms with Crippen LogP contribution in [0.15, 0.2) is 24.3 Å². The molecule has 0 N–H and O–H groups in total. The van der Waals surface area contributed by atoms with Crippen LogP contribution >= 0.6 is 0 Å². The number of rotatable bonds is 4. The van der Waals surface area contributed by atoms with E-state index >= 15 is 0 Å². The molecule has 0 aliphatic carbocycles. The average molecular weight is 259 g/mol. The Balaban J connectivity index is 2.16. The van der Waals surface area contributed by atoms with E-state index in [4.69, 9.17) is 0 Å². The van der Waals surface area contributed by atoms with Crippen molar-refractivity contribution in [1.29, 1.82) is 0 Å². The number of hydrogen-bond donors (Lipinski definition) is 0. The Bertz CT molecular complexity index is 437. The van der Waals surface area contributed by atoms with Crippen LogP contribution in [0.1, 0.15) is 56.0 Å². The van der Waals surface area contributed by atoms with E-state index in [2.05, 4.69) is 25.7 Å². The lowest BCUT2D eigenvalue weighted by atomic mass is 10.0. The van der Waals surface area contributed by atoms with Crippen molar-refractivity contribution in [2.75, 3.05) is 0 Å². The first-order valence-electron chi connectivity index (χ1n) is 7.43. The first-order chi connectivity index (χ1) is 9.04. The van der Waals surface area contributed by atoms with Crippen LogP contribution in [0.5, 0.6) is 0 Å². The third kappa shape index (κ3) is 2.89. The number of benzene rings is 1. The van der Waals surface area contributed by atoms with E-state index < -0.39 is 0 Å². The predicted octanol–water partition coefficient (Wildman–Crippen LogP) is 3.83. The van der Waals surface area contributed by atoms with Gasteiger partial charge in [0.2, 0.25) is 0 Å². The number of Topliss-reactive ketones (excluding diaryl/α,β-unsaturated/α-hetero) is 1. The van der Waals surface area contributed by atoms with Crippen molar-refractivity contribution in [3.8, 4) is 0 Å². The molecular weight excluding hydrogens is 234 g/mol. The number of nitrogens with zero attached hydrogens (tertiary/aromatic N) is 1. The number of carbonyl (C=O) groups is 1. The molecule has 2 nitrogen and oxygen atoms in total. The molecule has 1 aromatic rings. The van der Waals surface area contributed by atoms with Crippen LogP contribution in [-0.4, -0.2) is 28.8 Å². The molecule has 3 unspecified atom stereocenters. The summed E-state index contributed by atoms with van der Waals surface area (Å²) in [6.07, 6.45) is 3.57. The molecule has 2 heteroatoms. The zero-order chi connectivity index (χ0) is 14.0. The zero-order valence-corrected chi connectivity index (χ0v) is 12.5. The molecule has 0 spiro atoms. The standard InChI is InChI=1S/C17H25NO/c1-5-16-11-8-13(3)18(16)14(4)17(19)15-9-6-12(2)7-10-15/h6-7,9-10,13-14,16H,5,8,11H2,1-4H3. The fourth-order valence-electron chi connectivity index (χ4n) is 3.30. The second kappa shape index (κ2) is 5.87. The SMILES string of the molecule is CCC1CCC(C)N1C(C)C(=O)c1ccc(C)cc1. The maximum atomic E-state index is 12.6. The van der Waals surface area contributed by atoms with Gasteiger partial charge in [-0.2, -0.15) is 0 Å². The molecule has 1 heterocycles. The number of aryl methyl sites for hydroxylation is 1. The summed E-state index contributed by atoms with van der Waals surface area (Å²) in [4.78, 5) is 15.0. The van der Waals surface area contributed by atoms with Gasteiger partial charge in [-0.1, -0.05) is 36.8 Å². The summed E-state index contributed by atoms with van der Waals surface area (Å²) in [5.74, 6) is 0.257. The van der Waals surface area contributed by atoms with Crippen molar-refractivity contribution in [2.24, 2.45) is 0 Å². The molecule has 0 radical (unpaired) electrons. The summed E-state index contributed by atoms with van der Waals surface area (Å²) >= 11 is 0. The maximum absolute atomic E-state index is 12.6. The van der Waals surface area contributed by atoms with Crippen molar-refractivity contribution in [2.45, 2.75) is 65.1 Å². The molecule has 1 aromatic carbocycles. The van der Waals surface area contributed by atoms with E-state index in [9.17, 15) is 4.79 Å². The van der Waals surface area contributed by atoms with Crippen LogP contribution in [0.2, 0.25) is 0 Å². The maximum Gasteiger partial charge on any atom is 0.179 e. The zero-order valence-electron chi connectivity index (χ0n) is 12.5. The van der Waals surface area contributed by atoms with Crippen molar-refractivity contribution >= 4 is 5.78 Å². The monoisotopic (exact) mass is 259 g/mol. The summed E-state index contributed by atoms with van der Waals surface area (Å²) in [5, 5.41) is 0. The highest BCUT2D eigenvalue weighted by Gasteiger charge is 2.35. The highest BCUT2D eigenvalue weighted by Crippen LogP contribution is 2.29. The quantitative estimate of drug-likeness (QED) is 0.766. The first-order valence-corrected chi connectivity index (χ1v) is 7.43. The van der Waals surface area contributed by atoms with Crippen LogP contribution in [0.25, 0.3) is 0 Å². The van der Waals surface area contributed by atoms with Gasteiger partial charge in [0.1, 0.15) is 0 Å². The molecule has 19 heavy (non-hydrogen) atoms. The fourth-order valence-corrected chi connectivity index (χ4v) is 3.30. The van der Waals surface area contributed by atoms with Crippen molar-refractivity contribution in [1.82, 2.24) is 4.90 Å². The van der Waals surface area contributed by atoms with Crippen LogP contribution in [-0.2, 0) is 0 Å². The lowest BCUT2D eigenvalue weighted by Gasteiger charge is -2.33. The van der Waals surface area contributed by atoms with Gasteiger partial charge in [-0.05, 0) is 40.0 Å². The highest BCUT2D eigenvalue weighted by molar-refractivity contribution is 5.99. The molecule has 0 bridgehead atoms. The van der Waals surface area contributed by atoms with Gasteiger partial charge in [0.15, 0.2) is 5.78 Å². The van der Waals surface area contributed by atoms with E-state index in [1.807, 2.05) is 31.2 Å². The normalized spacial score (nSPS) is 25.5. The number of likely N-dealkylation sites (tertiary alicyclic amines) is 1. The molecule has 1 fully saturated rings. The summed E-state index contributed by atoms with van der Waals surface area (Å²) in [6, 6.07) is 9.03. The van der Waals surface area contributed by atoms with Gasteiger partial charge in [0.25, 0.3) is 0 Å². The van der Waals surface area contributed by atoms with Gasteiger partial charge in [-0.25, -0.2) is 0 Å². The second-order valence-corrected chi connectivity index (χ2v) is 5.84. The molecule has 0 aromatic heterocycles. The second-order valence-electron chi connectivity index (χ2n) is 5.84. The molecule has 3 atom stereocenters. The molecule has 2 rings (SSSR count). The van der Waals surface area contributed by atoms with Crippen molar-refractivity contribution < 1.29 is 4.79 Å². The molecular formula is C17H25NO. The number of carbonyl (C=O) groups excluding carboxylic acids is 1. The first kappa shape index (κ1) is 14.3. The molecule has 1 aliphatic rings. The summed E-state index contributed by atoms with van der Waals surface area (Å²) in [6.45, 7) is 8.58. The fraction of sp³-hybridized carbons (Fsp3) is 0.588. The minimum absolute atomic E-state index is 0.00911. The van der Waals surface area contributed by atoms with Crippen molar-refractivity contribution in [3.05, 3.63) is 35.4 Å². The van der Waals surface area contributed by atoms with E-state index in [1.54, 1.807) is 0 Å². The summed E-state index contributed by atoms with van der Waals surface area (Å²) < 4.78 is 0. The Labute approximate surface area is 116 Å². The van der Waals surface area contributed by atoms with Crippen LogP contribution in [0.3, 0.4) is 0 Å². The number of ketones is 1. The third-order valence-electron chi connectivity index (χ3n) is 4.48. The molecule has 0 amide bonds. The summed E-state index contributed by atoms with van der Waals surface area (Å²) in [7, 11) is 0. The molecule has 104 valence electrons. The van der Waals surface area contributed by atoms with E-state index in [0.29, 0.717) is 12.1 Å². The minimum atomic E-state index is -0.00911. The van der Waals surface area contributed by atoms with Gasteiger partial charge < -0.3 is 0 Å². The third-order valence-corrected chi connectivity index (χ3v) is 4.48. The Morgan fingerprint density at radius 2 is 1.95 bits per heavy atom. The average Bonchev–Trinajstić information content (AvgIpc) is 2.79. The lowest BCUT2D eigenvalue weighted by Crippen LogP contribution is -2.45. The van der Waals surface area contributed by atoms with Gasteiger partial charge in [0.05, 0.1) is 6.04 Å². The topological polar surface area (TPSA) is 20.3 Å². The minimum Gasteiger partial charge on any atom is -0.292 e. The van der Waals surface area contributed by atoms with Gasteiger partial charge in [-0.3, -0.25) is 9.69 Å². The Hall–Kier alpha value is -1.15. The summed E-state index contributed by atoms with van der Waals surface area (Å²) in [5.41, 5.74) is 2.04. The molecule has 1 saturated heterocycles. The van der Waals surface area contributed by atoms with E-state index in [-0.39, 0.29) is 11.8 Å². The highest BCUT2D eigenvalue weighted by atomic mass is 16.1. The van der Waals surface area contributed by atoms with Crippen LogP contribution in [0, 0.1) is 6.92 Å². The number of hydrogen-bond acceptors (Lipinski definition) is 2. The van der Waals surface area contributed by atoms with Gasteiger partial charge in [-0.15, -0.1) is 0 Å². The van der Waals surface area contributed by atoms with Crippen molar-refractivity contribution in [3.63, 3.8) is 0 Å². The largest absolute Gasteiger partial charge is 0.292 e. The van der Waals surface area contributed by atoms with Gasteiger partial charge in [0, 0.05) is 17.6 Å². The van der Waals surface area contributed by atoms with Gasteiger partial charge >= 0.3 is 0 Å². The Morgan fingerprint density at radius 1 is 1.32 bits per heavy atom. The van der Waals surface area contributed by atoms with E-state index in [0.717, 1.165) is 12.0 Å². The Morgan fingerprint density at radius 3 is 2.53 bits per heavy atom. The van der Waals surface area contributed by atoms with E-state index in [1.165, 1.54) is 18.4 Å². The van der Waals surface area contributed by atoms with Crippen LogP contribution in [0.4, 0.5) is 0 Å². The predicted molar refractivity (Wildman–Crippen MR) is 79.6 cm³/mol. The molecule has 1 aliphatic heterocycles. The molecule has 0 saturated carbocycles. The lowest BCUT2D eigenvalue weighted by molar-refractivity contribution is 0.0755. The smallest absolute Gasteiger partial charge is 0.179 e. The van der Waals surface area contributed by atoms with Crippen LogP contribution < -0.4 is 0 Å². The Kier molecular flexibility index (Phi) is 4.41.